The van der Waals surface area contributed by atoms with Crippen molar-refractivity contribution in [2.75, 3.05) is 0 Å². The third-order valence-electron chi connectivity index (χ3n) is 3.47. The quantitative estimate of drug-likeness (QED) is 0.173. The summed E-state index contributed by atoms with van der Waals surface area (Å²) in [4.78, 5) is 21.4. The largest absolute Gasteiger partial charge is 0.455 e. The number of non-ortho nitro benzene ring substituents is 1. The molecule has 0 aliphatic heterocycles. The fourth-order valence-corrected chi connectivity index (χ4v) is 2.08. The molecule has 2 aromatic carbocycles. The Balaban J connectivity index is 1.98. The van der Waals surface area contributed by atoms with Gasteiger partial charge in [-0.1, -0.05) is 37.8 Å². The molecule has 0 aliphatic carbocycles. The van der Waals surface area contributed by atoms with Crippen molar-refractivity contribution >= 4 is 23.8 Å². The van der Waals surface area contributed by atoms with E-state index < -0.39 is 17.2 Å². The highest BCUT2D eigenvalue weighted by molar-refractivity contribution is 5.81. The maximum absolute atomic E-state index is 11.2. The lowest BCUT2D eigenvalue weighted by molar-refractivity contribution is -0.384. The van der Waals surface area contributed by atoms with E-state index in [2.05, 4.69) is 6.58 Å². The van der Waals surface area contributed by atoms with Gasteiger partial charge in [0.05, 0.1) is 4.92 Å². The van der Waals surface area contributed by atoms with Gasteiger partial charge >= 0.3 is 5.97 Å². The average Bonchev–Trinajstić information content (AvgIpc) is 2.67. The SMILES string of the molecule is C=CC(=O)OC(CC)Oc1ccc(C=Cc2ccc([N+](=O)[O-])cc2)cc1. The van der Waals surface area contributed by atoms with Gasteiger partial charge in [0, 0.05) is 24.6 Å². The van der Waals surface area contributed by atoms with E-state index in [0.29, 0.717) is 12.2 Å². The molecular formula is C20H19NO5. The van der Waals surface area contributed by atoms with Gasteiger partial charge in [0.25, 0.3) is 5.69 Å². The molecule has 0 N–H and O–H groups in total. The molecule has 2 aromatic rings. The summed E-state index contributed by atoms with van der Waals surface area (Å²) in [6.45, 7) is 5.20. The Morgan fingerprint density at radius 1 is 1.12 bits per heavy atom. The lowest BCUT2D eigenvalue weighted by Gasteiger charge is -2.17. The first-order valence-electron chi connectivity index (χ1n) is 8.04. The van der Waals surface area contributed by atoms with Crippen LogP contribution in [0.3, 0.4) is 0 Å². The molecule has 0 saturated heterocycles. The second-order valence-corrected chi connectivity index (χ2v) is 5.35. The highest BCUT2D eigenvalue weighted by Crippen LogP contribution is 2.18. The minimum Gasteiger partial charge on any atom is -0.455 e. The summed E-state index contributed by atoms with van der Waals surface area (Å²) in [5.41, 5.74) is 1.86. The first-order chi connectivity index (χ1) is 12.5. The van der Waals surface area contributed by atoms with E-state index in [0.717, 1.165) is 17.2 Å². The van der Waals surface area contributed by atoms with Gasteiger partial charge in [-0.15, -0.1) is 0 Å². The zero-order chi connectivity index (χ0) is 18.9. The Hall–Kier alpha value is -3.41. The van der Waals surface area contributed by atoms with E-state index in [4.69, 9.17) is 9.47 Å². The van der Waals surface area contributed by atoms with E-state index >= 15 is 0 Å². The molecule has 0 bridgehead atoms. The Morgan fingerprint density at radius 3 is 2.12 bits per heavy atom. The van der Waals surface area contributed by atoms with E-state index in [1.807, 2.05) is 31.2 Å². The molecule has 1 atom stereocenters. The van der Waals surface area contributed by atoms with Crippen LogP contribution in [0.2, 0.25) is 0 Å². The average molecular weight is 353 g/mol. The summed E-state index contributed by atoms with van der Waals surface area (Å²) in [5, 5.41) is 10.6. The van der Waals surface area contributed by atoms with E-state index in [1.54, 1.807) is 24.3 Å². The minimum absolute atomic E-state index is 0.0614. The Kier molecular flexibility index (Phi) is 6.68. The van der Waals surface area contributed by atoms with Crippen LogP contribution in [0.5, 0.6) is 5.75 Å². The molecule has 134 valence electrons. The summed E-state index contributed by atoms with van der Waals surface area (Å²) in [6, 6.07) is 13.6. The summed E-state index contributed by atoms with van der Waals surface area (Å²) in [7, 11) is 0. The molecule has 0 spiro atoms. The number of hydrogen-bond acceptors (Lipinski definition) is 5. The lowest BCUT2D eigenvalue weighted by atomic mass is 10.1. The van der Waals surface area contributed by atoms with Crippen molar-refractivity contribution < 1.29 is 19.2 Å². The van der Waals surface area contributed by atoms with Gasteiger partial charge in [-0.05, 0) is 35.4 Å². The van der Waals surface area contributed by atoms with Crippen molar-refractivity contribution in [3.63, 3.8) is 0 Å². The van der Waals surface area contributed by atoms with Gasteiger partial charge in [-0.2, -0.15) is 0 Å². The molecular weight excluding hydrogens is 334 g/mol. The molecule has 0 amide bonds. The molecule has 26 heavy (non-hydrogen) atoms. The fraction of sp³-hybridized carbons (Fsp3) is 0.150. The van der Waals surface area contributed by atoms with E-state index in [-0.39, 0.29) is 5.69 Å². The van der Waals surface area contributed by atoms with Gasteiger partial charge in [0.2, 0.25) is 6.29 Å². The molecule has 0 aromatic heterocycles. The Morgan fingerprint density at radius 2 is 1.65 bits per heavy atom. The van der Waals surface area contributed by atoms with E-state index in [1.165, 1.54) is 12.1 Å². The molecule has 0 saturated carbocycles. The molecule has 2 rings (SSSR count). The number of ether oxygens (including phenoxy) is 2. The number of esters is 1. The summed E-state index contributed by atoms with van der Waals surface area (Å²) < 4.78 is 10.7. The Bertz CT molecular complexity index is 794. The van der Waals surface area contributed by atoms with Gasteiger partial charge < -0.3 is 9.47 Å². The van der Waals surface area contributed by atoms with Gasteiger partial charge in [-0.25, -0.2) is 4.79 Å². The number of hydrogen-bond donors (Lipinski definition) is 0. The summed E-state index contributed by atoms with van der Waals surface area (Å²) >= 11 is 0. The van der Waals surface area contributed by atoms with Crippen LogP contribution in [0.25, 0.3) is 12.2 Å². The number of nitro groups is 1. The molecule has 6 heteroatoms. The van der Waals surface area contributed by atoms with Crippen LogP contribution >= 0.6 is 0 Å². The number of benzene rings is 2. The van der Waals surface area contributed by atoms with Gasteiger partial charge in [0.1, 0.15) is 5.75 Å². The lowest BCUT2D eigenvalue weighted by Crippen LogP contribution is -2.22. The van der Waals surface area contributed by atoms with Crippen molar-refractivity contribution in [3.8, 4) is 5.75 Å². The van der Waals surface area contributed by atoms with Crippen molar-refractivity contribution in [1.29, 1.82) is 0 Å². The van der Waals surface area contributed by atoms with Crippen molar-refractivity contribution in [2.24, 2.45) is 0 Å². The monoisotopic (exact) mass is 353 g/mol. The van der Waals surface area contributed by atoms with Crippen LogP contribution in [0.1, 0.15) is 24.5 Å². The minimum atomic E-state index is -0.665. The number of nitrogens with zero attached hydrogens (tertiary/aromatic N) is 1. The Labute approximate surface area is 151 Å². The molecule has 1 unspecified atom stereocenters. The van der Waals surface area contributed by atoms with Crippen LogP contribution in [0.4, 0.5) is 5.69 Å². The van der Waals surface area contributed by atoms with Crippen LogP contribution in [-0.2, 0) is 9.53 Å². The molecule has 0 aliphatic rings. The standard InChI is InChI=1S/C20H19NO5/c1-3-19(22)26-20(4-2)25-18-13-9-16(10-14-18)6-5-15-7-11-17(12-8-15)21(23)24/h3,5-14,20H,1,4H2,2H3. The predicted octanol–water partition coefficient (Wildman–Crippen LogP) is 4.61. The van der Waals surface area contributed by atoms with E-state index in [9.17, 15) is 14.9 Å². The van der Waals surface area contributed by atoms with Crippen LogP contribution in [-0.4, -0.2) is 17.2 Å². The molecule has 0 radical (unpaired) electrons. The highest BCUT2D eigenvalue weighted by atomic mass is 16.7. The number of carbonyl (C=O) groups excluding carboxylic acids is 1. The number of carbonyl (C=O) groups is 1. The van der Waals surface area contributed by atoms with Crippen LogP contribution in [0, 0.1) is 10.1 Å². The third-order valence-corrected chi connectivity index (χ3v) is 3.47. The van der Waals surface area contributed by atoms with Crippen LogP contribution < -0.4 is 4.74 Å². The molecule has 6 nitrogen and oxygen atoms in total. The zero-order valence-electron chi connectivity index (χ0n) is 14.3. The number of rotatable bonds is 8. The van der Waals surface area contributed by atoms with Crippen molar-refractivity contribution in [1.82, 2.24) is 0 Å². The second kappa shape index (κ2) is 9.17. The topological polar surface area (TPSA) is 78.7 Å². The van der Waals surface area contributed by atoms with Crippen LogP contribution in [0.15, 0.2) is 61.2 Å². The first-order valence-corrected chi connectivity index (χ1v) is 8.04. The molecule has 0 fully saturated rings. The summed E-state index contributed by atoms with van der Waals surface area (Å²) in [6.07, 6.45) is 4.70. The predicted molar refractivity (Wildman–Crippen MR) is 99.5 cm³/mol. The maximum Gasteiger partial charge on any atom is 0.333 e. The first kappa shape index (κ1) is 18.9. The van der Waals surface area contributed by atoms with Gasteiger partial charge in [0.15, 0.2) is 0 Å². The second-order valence-electron chi connectivity index (χ2n) is 5.35. The maximum atomic E-state index is 11.2. The highest BCUT2D eigenvalue weighted by Gasteiger charge is 2.11. The normalized spacial score (nSPS) is 11.7. The third kappa shape index (κ3) is 5.59. The fourth-order valence-electron chi connectivity index (χ4n) is 2.08. The number of nitro benzene ring substituents is 1. The van der Waals surface area contributed by atoms with Crippen molar-refractivity contribution in [2.45, 2.75) is 19.6 Å². The summed E-state index contributed by atoms with van der Waals surface area (Å²) in [5.74, 6) is 0.0562. The molecule has 0 heterocycles. The van der Waals surface area contributed by atoms with Crippen molar-refractivity contribution in [3.05, 3.63) is 82.4 Å². The smallest absolute Gasteiger partial charge is 0.333 e. The zero-order valence-corrected chi connectivity index (χ0v) is 14.3. The van der Waals surface area contributed by atoms with Gasteiger partial charge in [-0.3, -0.25) is 10.1 Å².